The molecular formula is C28H35F3N6O. The average molecular weight is 529 g/mol. The van der Waals surface area contributed by atoms with Gasteiger partial charge in [-0.3, -0.25) is 9.48 Å². The predicted octanol–water partition coefficient (Wildman–Crippen LogP) is 4.54. The van der Waals surface area contributed by atoms with E-state index in [9.17, 15) is 18.0 Å². The molecule has 3 fully saturated rings. The minimum atomic E-state index is -4.36. The normalized spacial score (nSPS) is 25.3. The average Bonchev–Trinajstić information content (AvgIpc) is 3.31. The zero-order chi connectivity index (χ0) is 26.4. The summed E-state index contributed by atoms with van der Waals surface area (Å²) in [4.78, 5) is 21.9. The van der Waals surface area contributed by atoms with Crippen LogP contribution in [0.25, 0.3) is 10.9 Å². The fourth-order valence-corrected chi connectivity index (χ4v) is 6.58. The minimum Gasteiger partial charge on any atom is -0.342 e. The van der Waals surface area contributed by atoms with Gasteiger partial charge < -0.3 is 14.4 Å². The molecular weight excluding hydrogens is 493 g/mol. The maximum atomic E-state index is 13.2. The Labute approximate surface area is 220 Å². The molecule has 1 aromatic carbocycles. The summed E-state index contributed by atoms with van der Waals surface area (Å²) in [7, 11) is 1.72. The summed E-state index contributed by atoms with van der Waals surface area (Å²) < 4.78 is 43.2. The lowest BCUT2D eigenvalue weighted by atomic mass is 9.91. The summed E-state index contributed by atoms with van der Waals surface area (Å²) in [6, 6.07) is 3.94. The van der Waals surface area contributed by atoms with Crippen molar-refractivity contribution in [3.63, 3.8) is 0 Å². The molecule has 0 radical (unpaired) electrons. The number of aromatic nitrogens is 4. The van der Waals surface area contributed by atoms with Gasteiger partial charge in [-0.2, -0.15) is 18.3 Å². The zero-order valence-corrected chi connectivity index (χ0v) is 21.8. The highest BCUT2D eigenvalue weighted by Gasteiger charge is 2.46. The molecule has 3 aromatic rings. The minimum absolute atomic E-state index is 0.155. The van der Waals surface area contributed by atoms with Gasteiger partial charge in [0.05, 0.1) is 23.1 Å². The van der Waals surface area contributed by atoms with Crippen LogP contribution in [0.2, 0.25) is 0 Å². The van der Waals surface area contributed by atoms with Crippen LogP contribution in [0, 0.1) is 17.8 Å². The number of hydrogen-bond donors (Lipinski definition) is 0. The fourth-order valence-electron chi connectivity index (χ4n) is 6.58. The Balaban J connectivity index is 1.00. The Morgan fingerprint density at radius 2 is 1.92 bits per heavy atom. The number of likely N-dealkylation sites (tertiary alicyclic amines) is 2. The lowest BCUT2D eigenvalue weighted by molar-refractivity contribution is -0.137. The first-order valence-electron chi connectivity index (χ1n) is 13.8. The van der Waals surface area contributed by atoms with Gasteiger partial charge >= 0.3 is 6.18 Å². The highest BCUT2D eigenvalue weighted by atomic mass is 19.4. The second-order valence-corrected chi connectivity index (χ2v) is 11.5. The van der Waals surface area contributed by atoms with Crippen LogP contribution in [0.3, 0.4) is 0 Å². The first-order valence-corrected chi connectivity index (χ1v) is 13.8. The molecule has 0 spiro atoms. The number of piperidine rings is 2. The number of benzene rings is 1. The third kappa shape index (κ3) is 5.19. The van der Waals surface area contributed by atoms with Crippen molar-refractivity contribution < 1.29 is 18.0 Å². The van der Waals surface area contributed by atoms with Gasteiger partial charge in [0.1, 0.15) is 0 Å². The van der Waals surface area contributed by atoms with E-state index in [1.165, 1.54) is 6.07 Å². The molecule has 10 heteroatoms. The first kappa shape index (κ1) is 25.4. The number of imidazole rings is 1. The van der Waals surface area contributed by atoms with Crippen LogP contribution in [0.1, 0.15) is 49.3 Å². The van der Waals surface area contributed by atoms with Gasteiger partial charge in [-0.1, -0.05) is 6.07 Å². The van der Waals surface area contributed by atoms with Crippen molar-refractivity contribution in [3.8, 4) is 0 Å². The smallest absolute Gasteiger partial charge is 0.342 e. The first-order chi connectivity index (χ1) is 18.3. The lowest BCUT2D eigenvalue weighted by Gasteiger charge is -2.34. The molecule has 1 aliphatic carbocycles. The van der Waals surface area contributed by atoms with Gasteiger partial charge in [-0.15, -0.1) is 0 Å². The van der Waals surface area contributed by atoms with Gasteiger partial charge in [-0.05, 0) is 69.2 Å². The van der Waals surface area contributed by atoms with Crippen molar-refractivity contribution in [2.24, 2.45) is 24.8 Å². The summed E-state index contributed by atoms with van der Waals surface area (Å²) >= 11 is 0. The highest BCUT2D eigenvalue weighted by Crippen LogP contribution is 2.42. The second kappa shape index (κ2) is 10.0. The Morgan fingerprint density at radius 1 is 1.11 bits per heavy atom. The van der Waals surface area contributed by atoms with Gasteiger partial charge in [-0.25, -0.2) is 4.98 Å². The molecule has 1 unspecified atom stereocenters. The molecule has 0 N–H and O–H groups in total. The second-order valence-electron chi connectivity index (χ2n) is 11.5. The van der Waals surface area contributed by atoms with Crippen molar-refractivity contribution in [2.45, 2.75) is 50.7 Å². The maximum absolute atomic E-state index is 13.2. The van der Waals surface area contributed by atoms with Crippen LogP contribution in [0.15, 0.2) is 36.9 Å². The number of rotatable bonds is 6. The third-order valence-electron chi connectivity index (χ3n) is 8.77. The summed E-state index contributed by atoms with van der Waals surface area (Å²) in [5.74, 6) is 1.65. The standard InChI is InChI=1S/C28H35F3N6O/c1-34-25-14-22(28(29,30)31)4-5-23(25)26(33-34)20-6-10-35(11-7-20)17-21-13-24(21)27(38)37-9-2-3-19(16-37)15-36-12-8-32-18-36/h4-5,8,12,14,18-21,24H,2-3,6-7,9-11,13,15-17H2,1H3/t19-,21-,24?/m0/s1. The molecule has 2 aliphatic heterocycles. The van der Waals surface area contributed by atoms with E-state index in [0.717, 1.165) is 88.5 Å². The number of hydrogen-bond acceptors (Lipinski definition) is 4. The lowest BCUT2D eigenvalue weighted by Crippen LogP contribution is -2.42. The maximum Gasteiger partial charge on any atom is 0.416 e. The molecule has 0 bridgehead atoms. The molecule has 2 aromatic heterocycles. The molecule has 204 valence electrons. The van der Waals surface area contributed by atoms with Crippen molar-refractivity contribution in [1.82, 2.24) is 29.1 Å². The number of fused-ring (bicyclic) bond motifs is 1. The molecule has 4 heterocycles. The summed E-state index contributed by atoms with van der Waals surface area (Å²) in [5.41, 5.74) is 0.799. The highest BCUT2D eigenvalue weighted by molar-refractivity contribution is 5.83. The monoisotopic (exact) mass is 528 g/mol. The number of nitrogens with zero attached hydrogens (tertiary/aromatic N) is 6. The van der Waals surface area contributed by atoms with Crippen LogP contribution in [0.4, 0.5) is 13.2 Å². The molecule has 3 aliphatic rings. The van der Waals surface area contributed by atoms with Gasteiger partial charge in [0.15, 0.2) is 0 Å². The number of halogens is 3. The zero-order valence-electron chi connectivity index (χ0n) is 21.8. The van der Waals surface area contributed by atoms with Crippen molar-refractivity contribution in [1.29, 1.82) is 0 Å². The van der Waals surface area contributed by atoms with E-state index in [4.69, 9.17) is 0 Å². The third-order valence-corrected chi connectivity index (χ3v) is 8.77. The Bertz CT molecular complexity index is 1280. The van der Waals surface area contributed by atoms with Crippen LogP contribution in [-0.4, -0.2) is 67.8 Å². The molecule has 7 nitrogen and oxygen atoms in total. The van der Waals surface area contributed by atoms with E-state index in [0.29, 0.717) is 23.3 Å². The Morgan fingerprint density at radius 3 is 2.66 bits per heavy atom. The number of carbonyl (C=O) groups excluding carboxylic acids is 1. The van der Waals surface area contributed by atoms with Gasteiger partial charge in [0, 0.05) is 62.8 Å². The van der Waals surface area contributed by atoms with Crippen LogP contribution in [-0.2, 0) is 24.6 Å². The van der Waals surface area contributed by atoms with Crippen LogP contribution < -0.4 is 0 Å². The quantitative estimate of drug-likeness (QED) is 0.471. The molecule has 3 atom stereocenters. The van der Waals surface area contributed by atoms with Crippen LogP contribution >= 0.6 is 0 Å². The molecule has 2 saturated heterocycles. The summed E-state index contributed by atoms with van der Waals surface area (Å²) in [6.07, 6.45) is 6.34. The Kier molecular flexibility index (Phi) is 6.70. The molecule has 38 heavy (non-hydrogen) atoms. The summed E-state index contributed by atoms with van der Waals surface area (Å²) in [6.45, 7) is 5.44. The van der Waals surface area contributed by atoms with Gasteiger partial charge in [0.2, 0.25) is 5.91 Å². The van der Waals surface area contributed by atoms with E-state index in [2.05, 4.69) is 24.4 Å². The number of amides is 1. The number of aryl methyl sites for hydroxylation is 1. The van der Waals surface area contributed by atoms with Crippen molar-refractivity contribution >= 4 is 16.8 Å². The van der Waals surface area contributed by atoms with E-state index in [1.807, 2.05) is 12.5 Å². The van der Waals surface area contributed by atoms with E-state index in [1.54, 1.807) is 24.0 Å². The number of carbonyl (C=O) groups is 1. The topological polar surface area (TPSA) is 59.2 Å². The van der Waals surface area contributed by atoms with Crippen molar-refractivity contribution in [2.75, 3.05) is 32.7 Å². The van der Waals surface area contributed by atoms with E-state index in [-0.39, 0.29) is 11.8 Å². The van der Waals surface area contributed by atoms with Crippen LogP contribution in [0.5, 0.6) is 0 Å². The molecule has 1 amide bonds. The van der Waals surface area contributed by atoms with E-state index < -0.39 is 11.7 Å². The number of alkyl halides is 3. The van der Waals surface area contributed by atoms with E-state index >= 15 is 0 Å². The Hall–Kier alpha value is -2.88. The molecule has 6 rings (SSSR count). The predicted molar refractivity (Wildman–Crippen MR) is 137 cm³/mol. The van der Waals surface area contributed by atoms with Crippen molar-refractivity contribution in [3.05, 3.63) is 48.2 Å². The SMILES string of the molecule is Cn1nc(C2CCN(C[C@@H]3CC3C(=O)N3CCC[C@@H](Cn4ccnc4)C3)CC2)c2ccc(C(F)(F)F)cc21. The van der Waals surface area contributed by atoms with Gasteiger partial charge in [0.25, 0.3) is 0 Å². The largest absolute Gasteiger partial charge is 0.416 e. The fraction of sp³-hybridized carbons (Fsp3) is 0.607. The molecule has 1 saturated carbocycles. The summed E-state index contributed by atoms with van der Waals surface area (Å²) in [5, 5.41) is 5.45.